The molecule has 0 aliphatic carbocycles. The molecule has 2 aromatic rings. The Morgan fingerprint density at radius 2 is 1.43 bits per heavy atom. The van der Waals surface area contributed by atoms with Gasteiger partial charge in [0.25, 0.3) is 5.91 Å². The quantitative estimate of drug-likeness (QED) is 0.835. The Morgan fingerprint density at radius 1 is 0.870 bits per heavy atom. The highest BCUT2D eigenvalue weighted by Gasteiger charge is 2.16. The summed E-state index contributed by atoms with van der Waals surface area (Å²) in [5.74, 6) is -0.777. The molecule has 2 rings (SSSR count). The molecule has 4 heteroatoms. The van der Waals surface area contributed by atoms with Crippen molar-refractivity contribution in [3.05, 3.63) is 77.5 Å². The Morgan fingerprint density at radius 3 is 2.00 bits per heavy atom. The first-order chi connectivity index (χ1) is 11.1. The second-order valence-electron chi connectivity index (χ2n) is 5.22. The van der Waals surface area contributed by atoms with E-state index in [1.807, 2.05) is 67.6 Å². The van der Waals surface area contributed by atoms with Crippen molar-refractivity contribution in [1.29, 1.82) is 0 Å². The fourth-order valence-corrected chi connectivity index (χ4v) is 2.26. The van der Waals surface area contributed by atoms with Crippen LogP contribution >= 0.6 is 0 Å². The highest BCUT2D eigenvalue weighted by molar-refractivity contribution is 6.24. The molecular weight excluding hydrogens is 288 g/mol. The summed E-state index contributed by atoms with van der Waals surface area (Å²) in [6.07, 6.45) is 0. The second-order valence-corrected chi connectivity index (χ2v) is 5.22. The Hall–Kier alpha value is -2.88. The van der Waals surface area contributed by atoms with E-state index in [1.54, 1.807) is 0 Å². The van der Waals surface area contributed by atoms with Crippen LogP contribution in [0.15, 0.2) is 66.4 Å². The Kier molecular flexibility index (Phi) is 5.69. The van der Waals surface area contributed by atoms with Crippen molar-refractivity contribution in [1.82, 2.24) is 10.6 Å². The molecule has 0 saturated carbocycles. The van der Waals surface area contributed by atoms with E-state index in [4.69, 9.17) is 0 Å². The van der Waals surface area contributed by atoms with Crippen molar-refractivity contribution in [3.63, 3.8) is 0 Å². The van der Waals surface area contributed by atoms with Crippen molar-refractivity contribution in [2.45, 2.75) is 20.4 Å². The summed E-state index contributed by atoms with van der Waals surface area (Å²) < 4.78 is 0. The van der Waals surface area contributed by atoms with Crippen LogP contribution in [0.5, 0.6) is 0 Å². The van der Waals surface area contributed by atoms with Crippen LogP contribution < -0.4 is 10.6 Å². The van der Waals surface area contributed by atoms with Crippen molar-refractivity contribution in [2.75, 3.05) is 0 Å². The van der Waals surface area contributed by atoms with Gasteiger partial charge >= 0.3 is 0 Å². The molecule has 0 atom stereocenters. The fourth-order valence-electron chi connectivity index (χ4n) is 2.26. The lowest BCUT2D eigenvalue weighted by molar-refractivity contribution is -0.126. The topological polar surface area (TPSA) is 58.2 Å². The summed E-state index contributed by atoms with van der Waals surface area (Å²) in [5, 5.41) is 5.60. The monoisotopic (exact) mass is 308 g/mol. The SMILES string of the molecule is CC(=O)NC(=O)C(=C(C)NCc1ccccc1)c1ccccc1. The van der Waals surface area contributed by atoms with E-state index in [2.05, 4.69) is 10.6 Å². The maximum absolute atomic E-state index is 12.4. The third-order valence-corrected chi connectivity index (χ3v) is 3.35. The summed E-state index contributed by atoms with van der Waals surface area (Å²) in [6, 6.07) is 19.2. The lowest BCUT2D eigenvalue weighted by Crippen LogP contribution is -2.30. The predicted molar refractivity (Wildman–Crippen MR) is 91.1 cm³/mol. The van der Waals surface area contributed by atoms with E-state index in [0.717, 1.165) is 16.8 Å². The highest BCUT2D eigenvalue weighted by atomic mass is 16.2. The minimum absolute atomic E-state index is 0.376. The first kappa shape index (κ1) is 16.5. The van der Waals surface area contributed by atoms with E-state index in [-0.39, 0.29) is 5.91 Å². The maximum Gasteiger partial charge on any atom is 0.260 e. The summed E-state index contributed by atoms with van der Waals surface area (Å²) in [5.41, 5.74) is 3.08. The molecule has 118 valence electrons. The fraction of sp³-hybridized carbons (Fsp3) is 0.158. The van der Waals surface area contributed by atoms with E-state index in [0.29, 0.717) is 12.1 Å². The molecule has 0 radical (unpaired) electrons. The number of hydrogen-bond donors (Lipinski definition) is 2. The molecule has 0 aliphatic heterocycles. The first-order valence-electron chi connectivity index (χ1n) is 7.44. The van der Waals surface area contributed by atoms with Gasteiger partial charge in [-0.2, -0.15) is 0 Å². The first-order valence-corrected chi connectivity index (χ1v) is 7.44. The van der Waals surface area contributed by atoms with Crippen LogP contribution in [-0.2, 0) is 16.1 Å². The molecule has 0 bridgehead atoms. The number of allylic oxidation sites excluding steroid dienone is 1. The van der Waals surface area contributed by atoms with Crippen molar-refractivity contribution in [2.24, 2.45) is 0 Å². The number of benzene rings is 2. The maximum atomic E-state index is 12.4. The molecule has 2 N–H and O–H groups in total. The van der Waals surface area contributed by atoms with Crippen LogP contribution in [0.4, 0.5) is 0 Å². The van der Waals surface area contributed by atoms with Crippen LogP contribution in [0.25, 0.3) is 5.57 Å². The van der Waals surface area contributed by atoms with Gasteiger partial charge in [-0.3, -0.25) is 14.9 Å². The molecule has 0 fully saturated rings. The smallest absolute Gasteiger partial charge is 0.260 e. The molecule has 0 aliphatic rings. The molecule has 2 aromatic carbocycles. The Labute approximate surface area is 136 Å². The van der Waals surface area contributed by atoms with Gasteiger partial charge in [0.2, 0.25) is 5.91 Å². The average Bonchev–Trinajstić information content (AvgIpc) is 2.54. The minimum atomic E-state index is -0.401. The molecule has 2 amide bonds. The van der Waals surface area contributed by atoms with Crippen molar-refractivity contribution < 1.29 is 9.59 Å². The van der Waals surface area contributed by atoms with Gasteiger partial charge in [0.1, 0.15) is 0 Å². The largest absolute Gasteiger partial charge is 0.384 e. The lowest BCUT2D eigenvalue weighted by atomic mass is 10.0. The van der Waals surface area contributed by atoms with Gasteiger partial charge in [0, 0.05) is 19.2 Å². The molecular formula is C19H20N2O2. The zero-order valence-electron chi connectivity index (χ0n) is 13.3. The Balaban J connectivity index is 2.27. The average molecular weight is 308 g/mol. The van der Waals surface area contributed by atoms with Crippen LogP contribution in [0.2, 0.25) is 0 Å². The Bertz CT molecular complexity index is 707. The van der Waals surface area contributed by atoms with Crippen LogP contribution in [-0.4, -0.2) is 11.8 Å². The lowest BCUT2D eigenvalue weighted by Gasteiger charge is -2.14. The zero-order valence-corrected chi connectivity index (χ0v) is 13.3. The minimum Gasteiger partial charge on any atom is -0.384 e. The molecule has 0 heterocycles. The third kappa shape index (κ3) is 4.81. The van der Waals surface area contributed by atoms with Crippen LogP contribution in [0.1, 0.15) is 25.0 Å². The van der Waals surface area contributed by atoms with E-state index in [9.17, 15) is 9.59 Å². The highest BCUT2D eigenvalue weighted by Crippen LogP contribution is 2.18. The number of nitrogens with one attached hydrogen (secondary N) is 2. The van der Waals surface area contributed by atoms with Gasteiger partial charge in [0.05, 0.1) is 5.57 Å². The van der Waals surface area contributed by atoms with Crippen LogP contribution in [0.3, 0.4) is 0 Å². The van der Waals surface area contributed by atoms with Crippen molar-refractivity contribution in [3.8, 4) is 0 Å². The predicted octanol–water partition coefficient (Wildman–Crippen LogP) is 2.87. The number of carbonyl (C=O) groups is 2. The summed E-state index contributed by atoms with van der Waals surface area (Å²) >= 11 is 0. The number of imide groups is 1. The van der Waals surface area contributed by atoms with Crippen molar-refractivity contribution >= 4 is 17.4 Å². The van der Waals surface area contributed by atoms with Gasteiger partial charge in [-0.25, -0.2) is 0 Å². The molecule has 0 unspecified atom stereocenters. The molecule has 0 saturated heterocycles. The number of hydrogen-bond acceptors (Lipinski definition) is 3. The van der Waals surface area contributed by atoms with Gasteiger partial charge in [-0.1, -0.05) is 60.7 Å². The number of carbonyl (C=O) groups excluding carboxylic acids is 2. The molecule has 23 heavy (non-hydrogen) atoms. The van der Waals surface area contributed by atoms with E-state index in [1.165, 1.54) is 6.92 Å². The molecule has 0 spiro atoms. The number of rotatable bonds is 5. The summed E-state index contributed by atoms with van der Waals surface area (Å²) in [6.45, 7) is 3.77. The van der Waals surface area contributed by atoms with Gasteiger partial charge in [-0.15, -0.1) is 0 Å². The van der Waals surface area contributed by atoms with Gasteiger partial charge < -0.3 is 5.32 Å². The second kappa shape index (κ2) is 7.94. The molecule has 0 aromatic heterocycles. The summed E-state index contributed by atoms with van der Waals surface area (Å²) in [7, 11) is 0. The standard InChI is InChI=1S/C19H20N2O2/c1-14(20-13-16-9-5-3-6-10-16)18(19(23)21-15(2)22)17-11-7-4-8-12-17/h3-12,20H,13H2,1-2H3,(H,21,22,23). The normalized spacial score (nSPS) is 11.4. The summed E-state index contributed by atoms with van der Waals surface area (Å²) in [4.78, 5) is 23.6. The van der Waals surface area contributed by atoms with Crippen LogP contribution in [0, 0.1) is 0 Å². The zero-order chi connectivity index (χ0) is 16.7. The third-order valence-electron chi connectivity index (χ3n) is 3.35. The molecule has 4 nitrogen and oxygen atoms in total. The van der Waals surface area contributed by atoms with Gasteiger partial charge in [0.15, 0.2) is 0 Å². The number of amides is 2. The van der Waals surface area contributed by atoms with E-state index < -0.39 is 5.91 Å². The van der Waals surface area contributed by atoms with E-state index >= 15 is 0 Å². The van der Waals surface area contributed by atoms with Gasteiger partial charge in [-0.05, 0) is 18.1 Å².